The number of fused-ring (bicyclic) bond motifs is 1. The van der Waals surface area contributed by atoms with E-state index in [0.717, 1.165) is 18.6 Å². The highest BCUT2D eigenvalue weighted by molar-refractivity contribution is 5.81. The zero-order valence-electron chi connectivity index (χ0n) is 6.66. The molecule has 3 nitrogen and oxygen atoms in total. The van der Waals surface area contributed by atoms with E-state index in [1.807, 2.05) is 6.08 Å². The normalized spacial score (nSPS) is 30.8. The Bertz CT molecular complexity index is 254. The van der Waals surface area contributed by atoms with Crippen molar-refractivity contribution in [2.75, 3.05) is 0 Å². The molecule has 0 saturated carbocycles. The van der Waals surface area contributed by atoms with Crippen LogP contribution in [-0.2, 0) is 14.3 Å². The van der Waals surface area contributed by atoms with Gasteiger partial charge in [0.1, 0.15) is 11.9 Å². The van der Waals surface area contributed by atoms with Gasteiger partial charge in [0.2, 0.25) is 0 Å². The third-order valence-corrected chi connectivity index (χ3v) is 2.04. The maximum atomic E-state index is 10.8. The van der Waals surface area contributed by atoms with E-state index in [2.05, 4.69) is 6.58 Å². The molecule has 3 heteroatoms. The molecule has 0 spiro atoms. The van der Waals surface area contributed by atoms with Crippen LogP contribution in [0.3, 0.4) is 0 Å². The largest absolute Gasteiger partial charge is 0.483 e. The van der Waals surface area contributed by atoms with E-state index in [1.54, 1.807) is 0 Å². The molecule has 0 aromatic heterocycles. The lowest BCUT2D eigenvalue weighted by molar-refractivity contribution is -0.141. The van der Waals surface area contributed by atoms with Gasteiger partial charge in [-0.15, -0.1) is 0 Å². The fourth-order valence-corrected chi connectivity index (χ4v) is 1.35. The Balaban J connectivity index is 1.92. The van der Waals surface area contributed by atoms with Crippen LogP contribution in [0, 0.1) is 0 Å². The number of carbonyl (C=O) groups excluding carboxylic acids is 1. The molecule has 0 radical (unpaired) electrons. The number of ether oxygens (including phenoxy) is 2. The topological polar surface area (TPSA) is 38.8 Å². The maximum Gasteiger partial charge on any atom is 0.330 e. The van der Waals surface area contributed by atoms with E-state index in [0.29, 0.717) is 6.10 Å². The molecule has 0 aromatic carbocycles. The number of rotatable bonds is 2. The average Bonchev–Trinajstić information content (AvgIpc) is 2.82. The van der Waals surface area contributed by atoms with Gasteiger partial charge in [0.05, 0.1) is 0 Å². The lowest BCUT2D eigenvalue weighted by Crippen LogP contribution is -2.17. The van der Waals surface area contributed by atoms with Gasteiger partial charge >= 0.3 is 5.97 Å². The molecule has 1 aliphatic heterocycles. The first-order valence-electron chi connectivity index (χ1n) is 4.01. The Morgan fingerprint density at radius 2 is 2.58 bits per heavy atom. The minimum Gasteiger partial charge on any atom is -0.483 e. The van der Waals surface area contributed by atoms with Crippen LogP contribution in [0.4, 0.5) is 0 Å². The average molecular weight is 166 g/mol. The Kier molecular flexibility index (Phi) is 1.64. The second-order valence-corrected chi connectivity index (χ2v) is 2.93. The minimum atomic E-state index is -0.365. The van der Waals surface area contributed by atoms with Gasteiger partial charge in [0, 0.05) is 6.08 Å². The van der Waals surface area contributed by atoms with E-state index in [9.17, 15) is 4.79 Å². The Morgan fingerprint density at radius 1 is 1.75 bits per heavy atom. The number of carbonyl (C=O) groups is 1. The monoisotopic (exact) mass is 166 g/mol. The van der Waals surface area contributed by atoms with Crippen LogP contribution in [0.2, 0.25) is 0 Å². The molecule has 0 aromatic rings. The summed E-state index contributed by atoms with van der Waals surface area (Å²) in [5.41, 5.74) is 0. The first-order chi connectivity index (χ1) is 5.79. The predicted molar refractivity (Wildman–Crippen MR) is 42.3 cm³/mol. The van der Waals surface area contributed by atoms with Gasteiger partial charge in [-0.2, -0.15) is 0 Å². The molecule has 2 aliphatic rings. The molecule has 1 fully saturated rings. The molecule has 64 valence electrons. The third-order valence-electron chi connectivity index (χ3n) is 2.04. The van der Waals surface area contributed by atoms with Gasteiger partial charge in [0.25, 0.3) is 0 Å². The van der Waals surface area contributed by atoms with Gasteiger partial charge in [-0.25, -0.2) is 4.79 Å². The molecule has 0 N–H and O–H groups in total. The van der Waals surface area contributed by atoms with Gasteiger partial charge in [-0.05, 0) is 18.9 Å². The maximum absolute atomic E-state index is 10.8. The van der Waals surface area contributed by atoms with E-state index in [1.165, 1.54) is 6.08 Å². The first-order valence-corrected chi connectivity index (χ1v) is 4.01. The summed E-state index contributed by atoms with van der Waals surface area (Å²) >= 11 is 0. The molecule has 1 heterocycles. The molecular weight excluding hydrogens is 156 g/mol. The van der Waals surface area contributed by atoms with Crippen molar-refractivity contribution in [3.8, 4) is 0 Å². The highest BCUT2D eigenvalue weighted by atomic mass is 16.6. The Labute approximate surface area is 70.7 Å². The summed E-state index contributed by atoms with van der Waals surface area (Å²) in [5.74, 6) is 0.610. The quantitative estimate of drug-likeness (QED) is 0.351. The zero-order chi connectivity index (χ0) is 8.55. The molecule has 1 aliphatic carbocycles. The molecule has 0 amide bonds. The van der Waals surface area contributed by atoms with Crippen molar-refractivity contribution < 1.29 is 14.3 Å². The van der Waals surface area contributed by atoms with Crippen LogP contribution in [0.5, 0.6) is 0 Å². The van der Waals surface area contributed by atoms with Crippen LogP contribution in [0.1, 0.15) is 12.8 Å². The van der Waals surface area contributed by atoms with E-state index < -0.39 is 0 Å². The van der Waals surface area contributed by atoms with Crippen molar-refractivity contribution in [3.63, 3.8) is 0 Å². The molecule has 1 saturated heterocycles. The lowest BCUT2D eigenvalue weighted by atomic mass is 10.1. The van der Waals surface area contributed by atoms with Crippen LogP contribution in [0.25, 0.3) is 0 Å². The van der Waals surface area contributed by atoms with Gasteiger partial charge in [-0.3, -0.25) is 0 Å². The fourth-order valence-electron chi connectivity index (χ4n) is 1.35. The summed E-state index contributed by atoms with van der Waals surface area (Å²) < 4.78 is 10.2. The smallest absolute Gasteiger partial charge is 0.330 e. The summed E-state index contributed by atoms with van der Waals surface area (Å²) in [6.07, 6.45) is 5.08. The summed E-state index contributed by atoms with van der Waals surface area (Å²) in [7, 11) is 0. The second kappa shape index (κ2) is 2.66. The molecule has 2 atom stereocenters. The number of epoxide rings is 1. The molecule has 2 unspecified atom stereocenters. The first kappa shape index (κ1) is 7.40. The zero-order valence-corrected chi connectivity index (χ0v) is 6.66. The standard InChI is InChI=1S/C9H10O3/c1-2-9(10)11-6-3-4-7-8(5-6)12-7/h2,5-7H,1,3-4H2. The highest BCUT2D eigenvalue weighted by Crippen LogP contribution is 2.36. The third kappa shape index (κ3) is 1.35. The van der Waals surface area contributed by atoms with Crippen molar-refractivity contribution in [2.45, 2.75) is 25.0 Å². The van der Waals surface area contributed by atoms with Crippen molar-refractivity contribution in [1.29, 1.82) is 0 Å². The van der Waals surface area contributed by atoms with E-state index >= 15 is 0 Å². The van der Waals surface area contributed by atoms with E-state index in [4.69, 9.17) is 9.47 Å². The van der Waals surface area contributed by atoms with Crippen molar-refractivity contribution >= 4 is 5.97 Å². The van der Waals surface area contributed by atoms with Crippen molar-refractivity contribution in [1.82, 2.24) is 0 Å². The number of esters is 1. The van der Waals surface area contributed by atoms with Crippen LogP contribution in [0.15, 0.2) is 24.5 Å². The van der Waals surface area contributed by atoms with Gasteiger partial charge in [0.15, 0.2) is 6.10 Å². The predicted octanol–water partition coefficient (Wildman–Crippen LogP) is 1.16. The summed E-state index contributed by atoms with van der Waals surface area (Å²) in [6.45, 7) is 3.33. The second-order valence-electron chi connectivity index (χ2n) is 2.93. The van der Waals surface area contributed by atoms with Crippen LogP contribution >= 0.6 is 0 Å². The fraction of sp³-hybridized carbons (Fsp3) is 0.444. The molecule has 2 rings (SSSR count). The summed E-state index contributed by atoms with van der Waals surface area (Å²) in [6, 6.07) is 0. The van der Waals surface area contributed by atoms with Gasteiger partial charge in [-0.1, -0.05) is 6.58 Å². The molecular formula is C9H10O3. The Hall–Kier alpha value is -1.25. The van der Waals surface area contributed by atoms with Gasteiger partial charge < -0.3 is 9.47 Å². The van der Waals surface area contributed by atoms with Crippen LogP contribution < -0.4 is 0 Å². The molecule has 0 bridgehead atoms. The highest BCUT2D eigenvalue weighted by Gasteiger charge is 2.38. The summed E-state index contributed by atoms with van der Waals surface area (Å²) in [4.78, 5) is 10.8. The number of hydrogen-bond donors (Lipinski definition) is 0. The Morgan fingerprint density at radius 3 is 3.25 bits per heavy atom. The SMILES string of the molecule is C=CC(=O)OC1C=C2OC2CC1. The van der Waals surface area contributed by atoms with Crippen LogP contribution in [-0.4, -0.2) is 18.2 Å². The lowest BCUT2D eigenvalue weighted by Gasteiger charge is -2.12. The summed E-state index contributed by atoms with van der Waals surface area (Å²) in [5, 5.41) is 0. The minimum absolute atomic E-state index is 0.107. The number of hydrogen-bond acceptors (Lipinski definition) is 3. The van der Waals surface area contributed by atoms with Crippen molar-refractivity contribution in [3.05, 3.63) is 24.5 Å². The van der Waals surface area contributed by atoms with Crippen molar-refractivity contribution in [2.24, 2.45) is 0 Å². The molecule has 12 heavy (non-hydrogen) atoms. The van der Waals surface area contributed by atoms with E-state index in [-0.39, 0.29) is 12.1 Å².